The van der Waals surface area contributed by atoms with Crippen molar-refractivity contribution >= 4 is 75.9 Å². The average molecular weight is 1240 g/mol. The van der Waals surface area contributed by atoms with E-state index in [4.69, 9.17) is 42.4 Å². The van der Waals surface area contributed by atoms with E-state index in [1.807, 2.05) is 0 Å². The topological polar surface area (TPSA) is 438 Å². The van der Waals surface area contributed by atoms with Crippen LogP contribution >= 0.6 is 11.6 Å². The van der Waals surface area contributed by atoms with Gasteiger partial charge in [-0.3, -0.25) is 48.8 Å². The van der Waals surface area contributed by atoms with Gasteiger partial charge in [-0.05, 0) is 145 Å². The van der Waals surface area contributed by atoms with Gasteiger partial charge < -0.3 is 56.4 Å². The highest BCUT2D eigenvalue weighted by Gasteiger charge is 2.41. The van der Waals surface area contributed by atoms with Crippen LogP contribution in [-0.4, -0.2) is 127 Å². The third-order valence-corrected chi connectivity index (χ3v) is 15.4. The number of hydrogen-bond donors (Lipinski definition) is 6. The second-order valence-corrected chi connectivity index (χ2v) is 22.7. The number of carbonyl (C=O) groups excluding carboxylic acids is 7. The van der Waals surface area contributed by atoms with Crippen molar-refractivity contribution in [3.63, 3.8) is 0 Å². The van der Waals surface area contributed by atoms with Crippen LogP contribution in [0.5, 0.6) is 11.5 Å². The highest BCUT2D eigenvalue weighted by Crippen LogP contribution is 2.38. The second kappa shape index (κ2) is 30.9. The average Bonchev–Trinajstić information content (AvgIpc) is 3.59. The summed E-state index contributed by atoms with van der Waals surface area (Å²) in [6, 6.07) is 14.7. The molecule has 11 rings (SSSR count). The number of nitrogens with two attached hydrogens (primary N) is 2. The van der Waals surface area contributed by atoms with Gasteiger partial charge in [0.2, 0.25) is 11.8 Å². The van der Waals surface area contributed by atoms with Gasteiger partial charge in [0.05, 0.1) is 59.1 Å². The number of piperidine rings is 2. The summed E-state index contributed by atoms with van der Waals surface area (Å²) in [5.74, 6) is 0.718. The number of nitrogens with one attached hydrogen (secondary N) is 3. The zero-order valence-corrected chi connectivity index (χ0v) is 48.8. The first-order chi connectivity index (χ1) is 42.1. The fraction of sp³-hybridized carbons (Fsp3) is 0.526. The number of nitro groups is 2. The van der Waals surface area contributed by atoms with Crippen molar-refractivity contribution in [1.82, 2.24) is 29.8 Å². The molecule has 470 valence electrons. The molecule has 5 amide bonds. The molecule has 2 saturated heterocycles. The summed E-state index contributed by atoms with van der Waals surface area (Å²) in [6.07, 6.45) is 15.1. The number of halogens is 1. The molecule has 5 saturated carbocycles. The molecule has 2 aromatic heterocycles. The van der Waals surface area contributed by atoms with Gasteiger partial charge >= 0.3 is 17.7 Å². The first-order valence-electron chi connectivity index (χ1n) is 28.7. The molecule has 31 heteroatoms. The maximum atomic E-state index is 12.3. The Morgan fingerprint density at radius 2 is 1.06 bits per heavy atom. The minimum absolute atomic E-state index is 0.00725. The SMILES string of the molecule is N#CCC1(n2cc(C(N)=O)c(NC(=O)C3CC3)n2)CCN(C(=O)OCC2CC2)CC1.N#CCC1(n2cc(C(N)=O)c(NC(=O)C3CC3)n2)CCNCC1.O=C(Cl)Oc1ccc([N+](=O)[O-])cc1.O=C(OCC1CC1)Oc1ccc([N+](=O)[O-])cc1.OCC1CC1. The van der Waals surface area contributed by atoms with E-state index in [0.717, 1.165) is 77.3 Å². The number of primary amides is 2. The smallest absolute Gasteiger partial charge is 0.449 e. The molecule has 30 nitrogen and oxygen atoms in total. The van der Waals surface area contributed by atoms with Crippen LogP contribution in [0.1, 0.15) is 123 Å². The van der Waals surface area contributed by atoms with Gasteiger partial charge in [0, 0.05) is 79.8 Å². The normalized spacial score (nSPS) is 17.5. The lowest BCUT2D eigenvalue weighted by molar-refractivity contribution is -0.385. The molecular weight excluding hydrogens is 1170 g/mol. The number of aliphatic hydroxyl groups excluding tert-OH is 1. The number of rotatable bonds is 19. The lowest BCUT2D eigenvalue weighted by Crippen LogP contribution is -2.48. The quantitative estimate of drug-likeness (QED) is 0.0178. The van der Waals surface area contributed by atoms with Crippen LogP contribution < -0.4 is 36.9 Å². The highest BCUT2D eigenvalue weighted by molar-refractivity contribution is 6.61. The predicted octanol–water partition coefficient (Wildman–Crippen LogP) is 7.15. The molecule has 0 unspecified atom stereocenters. The summed E-state index contributed by atoms with van der Waals surface area (Å²) in [7, 11) is 0. The van der Waals surface area contributed by atoms with E-state index < -0.39 is 44.3 Å². The Bertz CT molecular complexity index is 3240. The number of carbonyl (C=O) groups is 7. The van der Waals surface area contributed by atoms with Gasteiger partial charge in [0.25, 0.3) is 23.2 Å². The van der Waals surface area contributed by atoms with Crippen molar-refractivity contribution in [3.8, 4) is 23.6 Å². The zero-order valence-electron chi connectivity index (χ0n) is 48.1. The van der Waals surface area contributed by atoms with E-state index in [-0.39, 0.29) is 81.8 Å². The second-order valence-electron chi connectivity index (χ2n) is 22.4. The number of aromatic nitrogens is 4. The Morgan fingerprint density at radius 3 is 1.41 bits per heavy atom. The minimum atomic E-state index is -0.978. The van der Waals surface area contributed by atoms with E-state index in [1.54, 1.807) is 20.5 Å². The zero-order chi connectivity index (χ0) is 63.5. The van der Waals surface area contributed by atoms with Gasteiger partial charge in [-0.15, -0.1) is 0 Å². The molecule has 4 aromatic rings. The van der Waals surface area contributed by atoms with Crippen LogP contribution in [0.2, 0.25) is 0 Å². The Hall–Kier alpha value is -9.26. The number of nitriles is 2. The maximum Gasteiger partial charge on any atom is 0.513 e. The molecule has 5 aliphatic carbocycles. The van der Waals surface area contributed by atoms with E-state index in [1.165, 1.54) is 67.6 Å². The summed E-state index contributed by atoms with van der Waals surface area (Å²) < 4.78 is 22.7. The Balaban J connectivity index is 0.000000169. The molecule has 0 atom stereocenters. The lowest BCUT2D eigenvalue weighted by Gasteiger charge is -2.40. The van der Waals surface area contributed by atoms with Crippen molar-refractivity contribution < 1.29 is 67.5 Å². The molecule has 0 bridgehead atoms. The highest BCUT2D eigenvalue weighted by atomic mass is 35.5. The number of non-ortho nitro benzene ring substituents is 2. The number of anilines is 2. The number of likely N-dealkylation sites (tertiary alicyclic amines) is 1. The number of hydrogen-bond acceptors (Lipinski definition) is 21. The maximum absolute atomic E-state index is 12.3. The lowest BCUT2D eigenvalue weighted by atomic mass is 9.85. The largest absolute Gasteiger partial charge is 0.513 e. The summed E-state index contributed by atoms with van der Waals surface area (Å²) in [5.41, 5.74) is 8.96. The third-order valence-electron chi connectivity index (χ3n) is 15.3. The standard InChI is InChI=1S/C20H26N6O4.C15H20N6O2.C11H11NO5.C7H4ClNO4.C4H8O/c21-8-5-20(6-9-25(10-7-20)19(29)30-12-13-1-2-13)26-11-15(16(22)27)17(24-26)23-18(28)14-3-4-14;16-6-3-15(4-7-18-8-5-15)21-9-11(12(17)22)13(20-21)19-14(23)10-1-2-10;13-11(16-7-8-1-2-8)17-10-5-3-9(4-6-10)12(14)15;8-7(10)13-6-3-1-5(2-4-6)9(11)12;5-3-4-1-2-4/h11,13-14H,1-7,9-10,12H2,(H2,22,27)(H,23,24,28);9-10,18H,1-5,7-8H2,(H2,17,22)(H,19,20,23);3-6,8H,1-2,7H2;1-4H;4-5H,1-3H2. The van der Waals surface area contributed by atoms with Crippen LogP contribution in [-0.2, 0) is 30.1 Å². The van der Waals surface area contributed by atoms with E-state index in [9.17, 15) is 64.3 Å². The minimum Gasteiger partial charge on any atom is -0.449 e. The number of nitrogens with zero attached hydrogens (tertiary/aromatic N) is 9. The molecule has 8 N–H and O–H groups in total. The van der Waals surface area contributed by atoms with Gasteiger partial charge in [0.15, 0.2) is 11.6 Å². The van der Waals surface area contributed by atoms with Crippen molar-refractivity contribution in [2.45, 2.75) is 114 Å². The van der Waals surface area contributed by atoms with Crippen molar-refractivity contribution in [3.05, 3.63) is 92.3 Å². The Kier molecular flexibility index (Phi) is 23.3. The molecule has 0 radical (unpaired) electrons. The summed E-state index contributed by atoms with van der Waals surface area (Å²) in [5, 5.41) is 64.9. The van der Waals surface area contributed by atoms with Crippen molar-refractivity contribution in [1.29, 1.82) is 10.5 Å². The fourth-order valence-corrected chi connectivity index (χ4v) is 9.09. The number of amides is 5. The molecule has 7 aliphatic rings. The Labute approximate surface area is 509 Å². The van der Waals surface area contributed by atoms with Gasteiger partial charge in [0.1, 0.15) is 22.6 Å². The number of ether oxygens (including phenoxy) is 4. The van der Waals surface area contributed by atoms with E-state index in [0.29, 0.717) is 69.9 Å². The van der Waals surface area contributed by atoms with Crippen LogP contribution in [0.25, 0.3) is 0 Å². The molecule has 0 spiro atoms. The Morgan fingerprint density at radius 1 is 0.648 bits per heavy atom. The first-order valence-corrected chi connectivity index (χ1v) is 29.1. The van der Waals surface area contributed by atoms with E-state index in [2.05, 4.69) is 43.0 Å². The van der Waals surface area contributed by atoms with Crippen LogP contribution in [0.15, 0.2) is 60.9 Å². The molecular formula is C57H69ClN14O16. The molecule has 88 heavy (non-hydrogen) atoms. The number of benzene rings is 2. The van der Waals surface area contributed by atoms with E-state index >= 15 is 0 Å². The van der Waals surface area contributed by atoms with Gasteiger partial charge in [-0.25, -0.2) is 14.4 Å². The monoisotopic (exact) mass is 1240 g/mol. The molecule has 4 heterocycles. The molecule has 2 aliphatic heterocycles. The predicted molar refractivity (Wildman–Crippen MR) is 310 cm³/mol. The number of nitro benzene ring substituents is 2. The molecule has 7 fully saturated rings. The van der Waals surface area contributed by atoms with Crippen LogP contribution in [0.3, 0.4) is 0 Å². The molecule has 2 aromatic carbocycles. The van der Waals surface area contributed by atoms with Gasteiger partial charge in [-0.1, -0.05) is 0 Å². The summed E-state index contributed by atoms with van der Waals surface area (Å²) in [6.45, 7) is 3.64. The summed E-state index contributed by atoms with van der Waals surface area (Å²) >= 11 is 4.92. The third kappa shape index (κ3) is 20.2. The first kappa shape index (κ1) is 66.3. The fourth-order valence-electron chi connectivity index (χ4n) is 9.00. The van der Waals surface area contributed by atoms with Gasteiger partial charge in [-0.2, -0.15) is 20.7 Å². The number of aliphatic hydroxyl groups is 1. The van der Waals surface area contributed by atoms with Crippen LogP contribution in [0, 0.1) is 72.5 Å². The van der Waals surface area contributed by atoms with Crippen molar-refractivity contribution in [2.75, 3.05) is 56.6 Å². The van der Waals surface area contributed by atoms with Crippen molar-refractivity contribution in [2.24, 2.45) is 41.1 Å². The summed E-state index contributed by atoms with van der Waals surface area (Å²) in [4.78, 5) is 103. The van der Waals surface area contributed by atoms with Crippen LogP contribution in [0.4, 0.5) is 37.4 Å².